The molecule has 4 heteroatoms. The Morgan fingerprint density at radius 2 is 1.63 bits per heavy atom. The molecule has 0 atom stereocenters. The van der Waals surface area contributed by atoms with E-state index in [1.54, 1.807) is 19.3 Å². The summed E-state index contributed by atoms with van der Waals surface area (Å²) in [7, 11) is 0. The quantitative estimate of drug-likeness (QED) is 0.505. The van der Waals surface area contributed by atoms with E-state index in [-0.39, 0.29) is 5.78 Å². The van der Waals surface area contributed by atoms with Gasteiger partial charge in [-0.05, 0) is 32.0 Å². The largest absolute Gasteiger partial charge is 0.337 e. The Morgan fingerprint density at radius 3 is 2.30 bits per heavy atom. The summed E-state index contributed by atoms with van der Waals surface area (Å²) in [6.07, 6.45) is 3.55. The van der Waals surface area contributed by atoms with Gasteiger partial charge in [-0.1, -0.05) is 48.0 Å². The summed E-state index contributed by atoms with van der Waals surface area (Å²) in [6.45, 7) is 3.64. The van der Waals surface area contributed by atoms with Crippen LogP contribution in [0.1, 0.15) is 22.8 Å². The van der Waals surface area contributed by atoms with E-state index in [1.807, 2.05) is 42.5 Å². The molecule has 0 bridgehead atoms. The monoisotopic (exact) mass is 353 g/mol. The van der Waals surface area contributed by atoms with Gasteiger partial charge in [-0.2, -0.15) is 0 Å². The fourth-order valence-corrected chi connectivity index (χ4v) is 3.10. The van der Waals surface area contributed by atoms with Gasteiger partial charge in [0.2, 0.25) is 0 Å². The van der Waals surface area contributed by atoms with Gasteiger partial charge >= 0.3 is 0 Å². The molecule has 2 aromatic carbocycles. The van der Waals surface area contributed by atoms with Gasteiger partial charge in [-0.15, -0.1) is 0 Å². The van der Waals surface area contributed by atoms with E-state index in [0.717, 1.165) is 33.9 Å². The van der Waals surface area contributed by atoms with Crippen LogP contribution in [0, 0.1) is 6.92 Å². The highest BCUT2D eigenvalue weighted by molar-refractivity contribution is 5.94. The molecule has 0 amide bonds. The number of imidazole rings is 1. The fourth-order valence-electron chi connectivity index (χ4n) is 3.10. The van der Waals surface area contributed by atoms with Crippen molar-refractivity contribution >= 4 is 5.78 Å². The van der Waals surface area contributed by atoms with Gasteiger partial charge in [-0.3, -0.25) is 9.78 Å². The summed E-state index contributed by atoms with van der Waals surface area (Å²) in [5, 5.41) is 0. The summed E-state index contributed by atoms with van der Waals surface area (Å²) in [5.74, 6) is 0.826. The van der Waals surface area contributed by atoms with Crippen molar-refractivity contribution in [3.63, 3.8) is 0 Å². The smallest absolute Gasteiger partial charge is 0.159 e. The number of rotatable bonds is 4. The predicted molar refractivity (Wildman–Crippen MR) is 107 cm³/mol. The molecule has 2 aromatic heterocycles. The van der Waals surface area contributed by atoms with Crippen molar-refractivity contribution in [2.24, 2.45) is 0 Å². The third kappa shape index (κ3) is 3.42. The average Bonchev–Trinajstić information content (AvgIpc) is 3.14. The van der Waals surface area contributed by atoms with Crippen LogP contribution in [0.25, 0.3) is 33.9 Å². The zero-order valence-electron chi connectivity index (χ0n) is 15.2. The maximum absolute atomic E-state index is 11.5. The van der Waals surface area contributed by atoms with Gasteiger partial charge in [0.1, 0.15) is 5.82 Å². The molecule has 4 nitrogen and oxygen atoms in total. The summed E-state index contributed by atoms with van der Waals surface area (Å²) >= 11 is 0. The van der Waals surface area contributed by atoms with Crippen molar-refractivity contribution < 1.29 is 4.79 Å². The second-order valence-corrected chi connectivity index (χ2v) is 6.55. The van der Waals surface area contributed by atoms with E-state index < -0.39 is 0 Å². The number of ketones is 1. The third-order valence-corrected chi connectivity index (χ3v) is 4.53. The summed E-state index contributed by atoms with van der Waals surface area (Å²) in [5.41, 5.74) is 6.76. The molecule has 0 aliphatic rings. The van der Waals surface area contributed by atoms with Crippen molar-refractivity contribution in [3.8, 4) is 33.9 Å². The molecule has 2 heterocycles. The minimum Gasteiger partial charge on any atom is -0.337 e. The first-order chi connectivity index (χ1) is 13.1. The first-order valence-corrected chi connectivity index (χ1v) is 8.80. The molecule has 1 N–H and O–H groups in total. The van der Waals surface area contributed by atoms with Gasteiger partial charge in [0, 0.05) is 34.6 Å². The molecule has 132 valence electrons. The lowest BCUT2D eigenvalue weighted by Gasteiger charge is -2.03. The second kappa shape index (κ2) is 7.00. The Kier molecular flexibility index (Phi) is 4.38. The number of aryl methyl sites for hydroxylation is 1. The first-order valence-electron chi connectivity index (χ1n) is 8.80. The van der Waals surface area contributed by atoms with Crippen LogP contribution in [0.5, 0.6) is 0 Å². The number of hydrogen-bond acceptors (Lipinski definition) is 3. The topological polar surface area (TPSA) is 58.6 Å². The lowest BCUT2D eigenvalue weighted by Crippen LogP contribution is -1.91. The van der Waals surface area contributed by atoms with Crippen LogP contribution in [0.3, 0.4) is 0 Å². The molecule has 0 spiro atoms. The number of nitrogens with one attached hydrogen (secondary N) is 1. The molecule has 0 radical (unpaired) electrons. The number of carbonyl (C=O) groups excluding carboxylic acids is 1. The number of Topliss-reactive ketones (excluding diaryl/α,β-unsaturated/α-hetero) is 1. The van der Waals surface area contributed by atoms with Gasteiger partial charge < -0.3 is 4.98 Å². The number of benzene rings is 2. The number of aromatic nitrogens is 3. The lowest BCUT2D eigenvalue weighted by atomic mass is 10.0. The minimum absolute atomic E-state index is 0.0546. The number of H-pyrrole nitrogens is 1. The molecule has 0 aliphatic heterocycles. The van der Waals surface area contributed by atoms with Crippen molar-refractivity contribution in [1.29, 1.82) is 0 Å². The normalized spacial score (nSPS) is 10.7. The summed E-state index contributed by atoms with van der Waals surface area (Å²) < 4.78 is 0. The van der Waals surface area contributed by atoms with Crippen molar-refractivity contribution in [1.82, 2.24) is 15.0 Å². The molecule has 27 heavy (non-hydrogen) atoms. The first kappa shape index (κ1) is 16.9. The van der Waals surface area contributed by atoms with E-state index in [0.29, 0.717) is 5.56 Å². The average molecular weight is 353 g/mol. The van der Waals surface area contributed by atoms with Crippen molar-refractivity contribution in [2.45, 2.75) is 13.8 Å². The van der Waals surface area contributed by atoms with Gasteiger partial charge in [-0.25, -0.2) is 4.98 Å². The minimum atomic E-state index is 0.0546. The Bertz CT molecular complexity index is 1100. The second-order valence-electron chi connectivity index (χ2n) is 6.55. The Balaban J connectivity index is 1.86. The Morgan fingerprint density at radius 1 is 0.889 bits per heavy atom. The Hall–Kier alpha value is -3.53. The molecule has 0 unspecified atom stereocenters. The zero-order chi connectivity index (χ0) is 18.8. The van der Waals surface area contributed by atoms with Crippen LogP contribution < -0.4 is 0 Å². The van der Waals surface area contributed by atoms with Crippen LogP contribution >= 0.6 is 0 Å². The zero-order valence-corrected chi connectivity index (χ0v) is 15.2. The van der Waals surface area contributed by atoms with Crippen LogP contribution in [0.15, 0.2) is 73.1 Å². The Labute approximate surface area is 158 Å². The van der Waals surface area contributed by atoms with E-state index in [9.17, 15) is 4.79 Å². The molecule has 4 aromatic rings. The fraction of sp³-hybridized carbons (Fsp3) is 0.0870. The van der Waals surface area contributed by atoms with Crippen LogP contribution in [0.2, 0.25) is 0 Å². The van der Waals surface area contributed by atoms with Gasteiger partial charge in [0.25, 0.3) is 0 Å². The molecule has 0 saturated carbocycles. The highest BCUT2D eigenvalue weighted by atomic mass is 16.1. The SMILES string of the molecule is CC(=O)c1ccc(-c2nc(-c3cccc(C)c3)c(-c3ccncc3)[nH]2)cc1. The van der Waals surface area contributed by atoms with Crippen LogP contribution in [-0.4, -0.2) is 20.7 Å². The third-order valence-electron chi connectivity index (χ3n) is 4.53. The van der Waals surface area contributed by atoms with Crippen molar-refractivity contribution in [2.75, 3.05) is 0 Å². The number of carbonyl (C=O) groups is 1. The van der Waals surface area contributed by atoms with E-state index in [2.05, 4.69) is 35.1 Å². The molecular weight excluding hydrogens is 334 g/mol. The number of hydrogen-bond donors (Lipinski definition) is 1. The molecule has 0 aliphatic carbocycles. The number of nitrogens with zero attached hydrogens (tertiary/aromatic N) is 2. The van der Waals surface area contributed by atoms with E-state index >= 15 is 0 Å². The highest BCUT2D eigenvalue weighted by Gasteiger charge is 2.15. The number of pyridine rings is 1. The highest BCUT2D eigenvalue weighted by Crippen LogP contribution is 2.33. The molecule has 4 rings (SSSR count). The maximum Gasteiger partial charge on any atom is 0.159 e. The molecule has 0 fully saturated rings. The van der Waals surface area contributed by atoms with Gasteiger partial charge in [0.05, 0.1) is 11.4 Å². The summed E-state index contributed by atoms with van der Waals surface area (Å²) in [4.78, 5) is 24.0. The van der Waals surface area contributed by atoms with E-state index in [4.69, 9.17) is 4.98 Å². The number of aromatic amines is 1. The standard InChI is InChI=1S/C23H19N3O/c1-15-4-3-5-20(14-15)22-21(18-10-12-24-13-11-18)25-23(26-22)19-8-6-17(7-9-19)16(2)27/h3-14H,1-2H3,(H,25,26). The van der Waals surface area contributed by atoms with Gasteiger partial charge in [0.15, 0.2) is 5.78 Å². The molecular formula is C23H19N3O. The maximum atomic E-state index is 11.5. The van der Waals surface area contributed by atoms with Crippen LogP contribution in [0.4, 0.5) is 0 Å². The molecule has 0 saturated heterocycles. The van der Waals surface area contributed by atoms with E-state index in [1.165, 1.54) is 5.56 Å². The van der Waals surface area contributed by atoms with Crippen molar-refractivity contribution in [3.05, 3.63) is 84.2 Å². The predicted octanol–water partition coefficient (Wildman–Crippen LogP) is 5.32. The lowest BCUT2D eigenvalue weighted by molar-refractivity contribution is 0.101. The summed E-state index contributed by atoms with van der Waals surface area (Å²) in [6, 6.07) is 19.8. The van der Waals surface area contributed by atoms with Crippen LogP contribution in [-0.2, 0) is 0 Å².